The molecule has 6 nitrogen and oxygen atoms in total. The van der Waals surface area contributed by atoms with Crippen LogP contribution in [0, 0.1) is 0 Å². The van der Waals surface area contributed by atoms with Gasteiger partial charge in [-0.2, -0.15) is 0 Å². The lowest BCUT2D eigenvalue weighted by Crippen LogP contribution is -2.48. The predicted molar refractivity (Wildman–Crippen MR) is 56.1 cm³/mol. The van der Waals surface area contributed by atoms with Crippen molar-refractivity contribution in [1.82, 2.24) is 16.2 Å². The molecule has 6 heteroatoms. The number of hydrogen-bond acceptors (Lipinski definition) is 3. The van der Waals surface area contributed by atoms with Gasteiger partial charge in [0.05, 0.1) is 0 Å². The molecule has 0 aliphatic carbocycles. The number of rotatable bonds is 2. The number of ether oxygens (including phenoxy) is 1. The molecule has 0 aromatic carbocycles. The molecule has 0 saturated carbocycles. The summed E-state index contributed by atoms with van der Waals surface area (Å²) in [6, 6.07) is -0.527. The number of nitrogens with one attached hydrogen (secondary N) is 3. The second-order valence-electron chi connectivity index (χ2n) is 3.75. The number of hydrazine groups is 1. The Labute approximate surface area is 89.0 Å². The van der Waals surface area contributed by atoms with Crippen molar-refractivity contribution < 1.29 is 14.3 Å². The average molecular weight is 215 g/mol. The summed E-state index contributed by atoms with van der Waals surface area (Å²) in [4.78, 5) is 22.0. The molecule has 0 unspecified atom stereocenters. The third kappa shape index (κ3) is 8.61. The Kier molecular flexibility index (Phi) is 5.22. The molecular formula is C9H17N3O3. The van der Waals surface area contributed by atoms with E-state index in [-0.39, 0.29) is 0 Å². The molecule has 0 aromatic rings. The quantitative estimate of drug-likeness (QED) is 0.473. The van der Waals surface area contributed by atoms with Crippen LogP contribution in [-0.2, 0) is 4.74 Å². The lowest BCUT2D eigenvalue weighted by Gasteiger charge is -2.19. The maximum absolute atomic E-state index is 11.0. The van der Waals surface area contributed by atoms with E-state index in [2.05, 4.69) is 22.7 Å². The minimum absolute atomic E-state index is 0.321. The Morgan fingerprint density at radius 1 is 1.33 bits per heavy atom. The van der Waals surface area contributed by atoms with Crippen LogP contribution in [0.5, 0.6) is 0 Å². The van der Waals surface area contributed by atoms with E-state index in [4.69, 9.17) is 4.74 Å². The van der Waals surface area contributed by atoms with Gasteiger partial charge in [-0.3, -0.25) is 0 Å². The first-order valence-electron chi connectivity index (χ1n) is 4.49. The predicted octanol–water partition coefficient (Wildman–Crippen LogP) is 0.911. The van der Waals surface area contributed by atoms with E-state index in [1.165, 1.54) is 6.08 Å². The lowest BCUT2D eigenvalue weighted by atomic mass is 10.2. The van der Waals surface area contributed by atoms with Crippen LogP contribution in [0.15, 0.2) is 12.7 Å². The Morgan fingerprint density at radius 3 is 2.40 bits per heavy atom. The molecular weight excluding hydrogens is 198 g/mol. The van der Waals surface area contributed by atoms with E-state index in [1.54, 1.807) is 20.8 Å². The van der Waals surface area contributed by atoms with Gasteiger partial charge in [-0.15, -0.1) is 6.58 Å². The highest BCUT2D eigenvalue weighted by Gasteiger charge is 2.16. The summed E-state index contributed by atoms with van der Waals surface area (Å²) < 4.78 is 4.88. The molecule has 0 aliphatic heterocycles. The Morgan fingerprint density at radius 2 is 1.93 bits per heavy atom. The molecule has 0 spiro atoms. The Bertz CT molecular complexity index is 245. The highest BCUT2D eigenvalue weighted by atomic mass is 16.6. The fourth-order valence-electron chi connectivity index (χ4n) is 0.620. The topological polar surface area (TPSA) is 79.5 Å². The third-order valence-corrected chi connectivity index (χ3v) is 1.08. The molecule has 0 saturated heterocycles. The molecule has 15 heavy (non-hydrogen) atoms. The van der Waals surface area contributed by atoms with Gasteiger partial charge in [0.2, 0.25) is 0 Å². The summed E-state index contributed by atoms with van der Waals surface area (Å²) >= 11 is 0. The first-order valence-corrected chi connectivity index (χ1v) is 4.49. The highest BCUT2D eigenvalue weighted by molar-refractivity contribution is 5.77. The van der Waals surface area contributed by atoms with Gasteiger partial charge in [-0.05, 0) is 20.8 Å². The van der Waals surface area contributed by atoms with Crippen LogP contribution >= 0.6 is 0 Å². The lowest BCUT2D eigenvalue weighted by molar-refractivity contribution is 0.0505. The minimum Gasteiger partial charge on any atom is -0.443 e. The van der Waals surface area contributed by atoms with E-state index in [1.807, 2.05) is 0 Å². The molecule has 3 N–H and O–H groups in total. The number of hydrogen-bond donors (Lipinski definition) is 3. The molecule has 86 valence electrons. The zero-order chi connectivity index (χ0) is 11.9. The molecule has 0 atom stereocenters. The largest absolute Gasteiger partial charge is 0.443 e. The number of urea groups is 1. The maximum Gasteiger partial charge on any atom is 0.426 e. The fraction of sp³-hybridized carbons (Fsp3) is 0.556. The normalized spacial score (nSPS) is 10.1. The van der Waals surface area contributed by atoms with Crippen molar-refractivity contribution in [3.63, 3.8) is 0 Å². The summed E-state index contributed by atoms with van der Waals surface area (Å²) in [5.74, 6) is 0. The van der Waals surface area contributed by atoms with Gasteiger partial charge in [0.15, 0.2) is 0 Å². The SMILES string of the molecule is C=CCNC(=O)NNC(=O)OC(C)(C)C. The van der Waals surface area contributed by atoms with E-state index in [0.29, 0.717) is 6.54 Å². The molecule has 0 fully saturated rings. The van der Waals surface area contributed by atoms with Crippen LogP contribution in [0.2, 0.25) is 0 Å². The molecule has 0 rings (SSSR count). The molecule has 0 aliphatic rings. The standard InChI is InChI=1S/C9H17N3O3/c1-5-6-10-7(13)11-12-8(14)15-9(2,3)4/h5H,1,6H2,2-4H3,(H,12,14)(H2,10,11,13). The Hall–Kier alpha value is -1.72. The average Bonchev–Trinajstić information content (AvgIpc) is 2.08. The summed E-state index contributed by atoms with van der Waals surface area (Å²) in [6.07, 6.45) is 0.809. The van der Waals surface area contributed by atoms with Gasteiger partial charge in [0.25, 0.3) is 0 Å². The van der Waals surface area contributed by atoms with Gasteiger partial charge in [-0.1, -0.05) is 6.08 Å². The monoisotopic (exact) mass is 215 g/mol. The van der Waals surface area contributed by atoms with Crippen LogP contribution in [0.25, 0.3) is 0 Å². The number of carbonyl (C=O) groups excluding carboxylic acids is 2. The zero-order valence-corrected chi connectivity index (χ0v) is 9.22. The van der Waals surface area contributed by atoms with Crippen LogP contribution in [0.4, 0.5) is 9.59 Å². The second-order valence-corrected chi connectivity index (χ2v) is 3.75. The molecule has 0 heterocycles. The Balaban J connectivity index is 3.71. The van der Waals surface area contributed by atoms with Gasteiger partial charge in [0, 0.05) is 6.54 Å². The van der Waals surface area contributed by atoms with Crippen molar-refractivity contribution >= 4 is 12.1 Å². The minimum atomic E-state index is -0.712. The van der Waals surface area contributed by atoms with Gasteiger partial charge < -0.3 is 10.1 Å². The van der Waals surface area contributed by atoms with Crippen LogP contribution in [0.3, 0.4) is 0 Å². The van der Waals surface area contributed by atoms with Gasteiger partial charge in [0.1, 0.15) is 5.60 Å². The highest BCUT2D eigenvalue weighted by Crippen LogP contribution is 2.05. The zero-order valence-electron chi connectivity index (χ0n) is 9.22. The van der Waals surface area contributed by atoms with Crippen molar-refractivity contribution in [2.75, 3.05) is 6.54 Å². The van der Waals surface area contributed by atoms with Crippen molar-refractivity contribution in [3.8, 4) is 0 Å². The molecule has 0 aromatic heterocycles. The number of amides is 3. The van der Waals surface area contributed by atoms with E-state index < -0.39 is 17.7 Å². The summed E-state index contributed by atoms with van der Waals surface area (Å²) in [5.41, 5.74) is 3.61. The fourth-order valence-corrected chi connectivity index (χ4v) is 0.620. The van der Waals surface area contributed by atoms with E-state index >= 15 is 0 Å². The van der Waals surface area contributed by atoms with Crippen molar-refractivity contribution in [2.24, 2.45) is 0 Å². The third-order valence-electron chi connectivity index (χ3n) is 1.08. The van der Waals surface area contributed by atoms with Gasteiger partial charge in [-0.25, -0.2) is 20.4 Å². The summed E-state index contributed by atoms with van der Waals surface area (Å²) in [6.45, 7) is 8.92. The van der Waals surface area contributed by atoms with Crippen LogP contribution < -0.4 is 16.2 Å². The summed E-state index contributed by atoms with van der Waals surface area (Å²) in [7, 11) is 0. The van der Waals surface area contributed by atoms with Gasteiger partial charge >= 0.3 is 12.1 Å². The first-order chi connectivity index (χ1) is 6.85. The van der Waals surface area contributed by atoms with E-state index in [9.17, 15) is 9.59 Å². The van der Waals surface area contributed by atoms with Crippen molar-refractivity contribution in [3.05, 3.63) is 12.7 Å². The van der Waals surface area contributed by atoms with Crippen molar-refractivity contribution in [1.29, 1.82) is 0 Å². The molecule has 0 radical (unpaired) electrons. The first kappa shape index (κ1) is 13.3. The summed E-state index contributed by atoms with van der Waals surface area (Å²) in [5, 5.41) is 2.41. The molecule has 3 amide bonds. The number of carbonyl (C=O) groups is 2. The second kappa shape index (κ2) is 5.90. The molecule has 0 bridgehead atoms. The van der Waals surface area contributed by atoms with Crippen molar-refractivity contribution in [2.45, 2.75) is 26.4 Å². The van der Waals surface area contributed by atoms with E-state index in [0.717, 1.165) is 0 Å². The van der Waals surface area contributed by atoms with Crippen LogP contribution in [-0.4, -0.2) is 24.3 Å². The smallest absolute Gasteiger partial charge is 0.426 e. The van der Waals surface area contributed by atoms with Crippen LogP contribution in [0.1, 0.15) is 20.8 Å². The maximum atomic E-state index is 11.0.